The van der Waals surface area contributed by atoms with E-state index in [9.17, 15) is 17.6 Å². The molecule has 0 aromatic carbocycles. The van der Waals surface area contributed by atoms with Crippen LogP contribution in [0.25, 0.3) is 0 Å². The first-order chi connectivity index (χ1) is 7.83. The van der Waals surface area contributed by atoms with Crippen LogP contribution in [0.15, 0.2) is 0 Å². The summed E-state index contributed by atoms with van der Waals surface area (Å²) in [5.74, 6) is -3.64. The summed E-state index contributed by atoms with van der Waals surface area (Å²) in [5, 5.41) is 2.54. The quantitative estimate of drug-likeness (QED) is 0.759. The number of nitrogens with one attached hydrogen (secondary N) is 1. The average Bonchev–Trinajstić information content (AvgIpc) is 2.27. The van der Waals surface area contributed by atoms with Crippen molar-refractivity contribution in [1.82, 2.24) is 10.2 Å². The molecule has 0 aromatic heterocycles. The fourth-order valence-corrected chi connectivity index (χ4v) is 2.07. The van der Waals surface area contributed by atoms with Gasteiger partial charge in [0.15, 0.2) is 0 Å². The van der Waals surface area contributed by atoms with Crippen molar-refractivity contribution in [2.45, 2.75) is 38.2 Å². The van der Waals surface area contributed by atoms with E-state index in [1.54, 1.807) is 6.92 Å². The molecule has 1 aliphatic heterocycles. The highest BCUT2D eigenvalue weighted by molar-refractivity contribution is 4.81. The van der Waals surface area contributed by atoms with E-state index in [1.807, 2.05) is 7.05 Å². The molecule has 1 unspecified atom stereocenters. The molecule has 1 heterocycles. The highest BCUT2D eigenvalue weighted by atomic mass is 19.3. The zero-order valence-corrected chi connectivity index (χ0v) is 10.2. The van der Waals surface area contributed by atoms with Crippen LogP contribution in [0.1, 0.15) is 19.8 Å². The predicted octanol–water partition coefficient (Wildman–Crippen LogP) is 2.21. The molecular formula is C11H20F4N2. The Morgan fingerprint density at radius 1 is 1.29 bits per heavy atom. The molecule has 1 N–H and O–H groups in total. The molecule has 2 nitrogen and oxygen atoms in total. The Bertz CT molecular complexity index is 228. The fourth-order valence-electron chi connectivity index (χ4n) is 2.07. The van der Waals surface area contributed by atoms with Gasteiger partial charge in [0.25, 0.3) is 0 Å². The van der Waals surface area contributed by atoms with Crippen molar-refractivity contribution in [3.05, 3.63) is 0 Å². The van der Waals surface area contributed by atoms with Crippen LogP contribution < -0.4 is 5.32 Å². The van der Waals surface area contributed by atoms with Gasteiger partial charge in [-0.1, -0.05) is 0 Å². The first-order valence-corrected chi connectivity index (χ1v) is 5.91. The first-order valence-electron chi connectivity index (χ1n) is 5.91. The summed E-state index contributed by atoms with van der Waals surface area (Å²) in [6.07, 6.45) is -1.75. The number of hydrogen-bond acceptors (Lipinski definition) is 2. The number of likely N-dealkylation sites (tertiary alicyclic amines) is 1. The van der Waals surface area contributed by atoms with E-state index in [1.165, 1.54) is 0 Å². The molecule has 0 aliphatic carbocycles. The number of piperidine rings is 1. The van der Waals surface area contributed by atoms with Gasteiger partial charge in [0.1, 0.15) is 0 Å². The lowest BCUT2D eigenvalue weighted by Crippen LogP contribution is -2.46. The van der Waals surface area contributed by atoms with Crippen LogP contribution in [0.3, 0.4) is 0 Å². The molecule has 1 rings (SSSR count). The van der Waals surface area contributed by atoms with Crippen molar-refractivity contribution in [2.75, 3.05) is 26.7 Å². The fraction of sp³-hybridized carbons (Fsp3) is 1.00. The van der Waals surface area contributed by atoms with Gasteiger partial charge in [-0.2, -0.15) is 8.78 Å². The third-order valence-corrected chi connectivity index (χ3v) is 3.45. The number of nitrogens with zero attached hydrogens (tertiary/aromatic N) is 1. The Morgan fingerprint density at radius 3 is 2.29 bits per heavy atom. The summed E-state index contributed by atoms with van der Waals surface area (Å²) >= 11 is 0. The number of hydrogen-bond donors (Lipinski definition) is 1. The number of alkyl halides is 4. The second-order valence-corrected chi connectivity index (χ2v) is 4.87. The van der Waals surface area contributed by atoms with Gasteiger partial charge < -0.3 is 10.2 Å². The van der Waals surface area contributed by atoms with Crippen molar-refractivity contribution in [3.8, 4) is 0 Å². The summed E-state index contributed by atoms with van der Waals surface area (Å²) in [6.45, 7) is 2.71. The summed E-state index contributed by atoms with van der Waals surface area (Å²) in [6, 6.07) is -0.145. The van der Waals surface area contributed by atoms with Gasteiger partial charge in [-0.25, -0.2) is 8.78 Å². The van der Waals surface area contributed by atoms with Crippen LogP contribution in [0, 0.1) is 5.92 Å². The van der Waals surface area contributed by atoms with Crippen molar-refractivity contribution in [2.24, 2.45) is 5.92 Å². The second-order valence-electron chi connectivity index (χ2n) is 4.87. The molecule has 1 atom stereocenters. The largest absolute Gasteiger partial charge is 0.319 e. The lowest BCUT2D eigenvalue weighted by atomic mass is 9.90. The molecular weight excluding hydrogens is 236 g/mol. The molecule has 0 aromatic rings. The van der Waals surface area contributed by atoms with E-state index in [0.29, 0.717) is 5.92 Å². The third-order valence-electron chi connectivity index (χ3n) is 3.45. The van der Waals surface area contributed by atoms with Gasteiger partial charge >= 0.3 is 12.3 Å². The molecule has 1 saturated heterocycles. The van der Waals surface area contributed by atoms with Gasteiger partial charge in [0, 0.05) is 6.04 Å². The van der Waals surface area contributed by atoms with Crippen LogP contribution in [0.2, 0.25) is 0 Å². The lowest BCUT2D eigenvalue weighted by molar-refractivity contribution is -0.126. The van der Waals surface area contributed by atoms with E-state index in [2.05, 4.69) is 10.2 Å². The third kappa shape index (κ3) is 4.43. The van der Waals surface area contributed by atoms with Crippen LogP contribution in [0.4, 0.5) is 17.6 Å². The minimum absolute atomic E-state index is 0.145. The van der Waals surface area contributed by atoms with E-state index < -0.39 is 18.9 Å². The maximum absolute atomic E-state index is 12.7. The molecule has 17 heavy (non-hydrogen) atoms. The standard InChI is InChI=1S/C11H20F4N2/c1-8(9-3-5-17(2)6-4-9)16-7-11(14,15)10(12)13/h8-10,16H,3-7H2,1-2H3. The highest BCUT2D eigenvalue weighted by Crippen LogP contribution is 2.24. The highest BCUT2D eigenvalue weighted by Gasteiger charge is 2.40. The minimum Gasteiger partial charge on any atom is -0.308 e. The SMILES string of the molecule is CC(NCC(F)(F)C(F)F)C1CCN(C)CC1. The zero-order valence-electron chi connectivity index (χ0n) is 10.2. The normalized spacial score (nSPS) is 22.1. The molecule has 0 radical (unpaired) electrons. The summed E-state index contributed by atoms with van der Waals surface area (Å²) in [4.78, 5) is 2.18. The molecule has 102 valence electrons. The van der Waals surface area contributed by atoms with Crippen molar-refractivity contribution >= 4 is 0 Å². The molecule has 0 spiro atoms. The second kappa shape index (κ2) is 6.00. The van der Waals surface area contributed by atoms with Gasteiger partial charge in [-0.05, 0) is 45.8 Å². The maximum Gasteiger partial charge on any atom is 0.319 e. The van der Waals surface area contributed by atoms with Crippen LogP contribution in [-0.4, -0.2) is 50.0 Å². The van der Waals surface area contributed by atoms with Gasteiger partial charge in [0.2, 0.25) is 0 Å². The monoisotopic (exact) mass is 256 g/mol. The van der Waals surface area contributed by atoms with E-state index >= 15 is 0 Å². The van der Waals surface area contributed by atoms with E-state index in [4.69, 9.17) is 0 Å². The van der Waals surface area contributed by atoms with E-state index in [0.717, 1.165) is 25.9 Å². The number of halogens is 4. The maximum atomic E-state index is 12.7. The Kier molecular flexibility index (Phi) is 5.19. The van der Waals surface area contributed by atoms with Gasteiger partial charge in [-0.3, -0.25) is 0 Å². The Hall–Kier alpha value is -0.360. The molecule has 1 fully saturated rings. The molecule has 1 aliphatic rings. The molecule has 0 amide bonds. The molecule has 0 bridgehead atoms. The lowest BCUT2D eigenvalue weighted by Gasteiger charge is -2.33. The Balaban J connectivity index is 2.32. The number of rotatable bonds is 5. The molecule has 6 heteroatoms. The van der Waals surface area contributed by atoms with Crippen LogP contribution >= 0.6 is 0 Å². The van der Waals surface area contributed by atoms with Crippen LogP contribution in [0.5, 0.6) is 0 Å². The van der Waals surface area contributed by atoms with E-state index in [-0.39, 0.29) is 6.04 Å². The van der Waals surface area contributed by atoms with Crippen molar-refractivity contribution in [1.29, 1.82) is 0 Å². The smallest absolute Gasteiger partial charge is 0.308 e. The van der Waals surface area contributed by atoms with Gasteiger partial charge in [-0.15, -0.1) is 0 Å². The Morgan fingerprint density at radius 2 is 1.82 bits per heavy atom. The molecule has 0 saturated carbocycles. The Labute approximate surface area is 99.4 Å². The summed E-state index contributed by atoms with van der Waals surface area (Å²) < 4.78 is 49.4. The van der Waals surface area contributed by atoms with Crippen LogP contribution in [-0.2, 0) is 0 Å². The average molecular weight is 256 g/mol. The van der Waals surface area contributed by atoms with Crippen molar-refractivity contribution in [3.63, 3.8) is 0 Å². The topological polar surface area (TPSA) is 15.3 Å². The zero-order chi connectivity index (χ0) is 13.1. The predicted molar refractivity (Wildman–Crippen MR) is 58.6 cm³/mol. The van der Waals surface area contributed by atoms with Crippen molar-refractivity contribution < 1.29 is 17.6 Å². The minimum atomic E-state index is -3.93. The first kappa shape index (κ1) is 14.7. The summed E-state index contributed by atoms with van der Waals surface area (Å²) in [7, 11) is 2.01. The van der Waals surface area contributed by atoms with Gasteiger partial charge in [0.05, 0.1) is 6.54 Å². The summed E-state index contributed by atoms with van der Waals surface area (Å²) in [5.41, 5.74) is 0.